The number of hydrogen-bond donors (Lipinski definition) is 1. The number of nitrogens with zero attached hydrogens (tertiary/aromatic N) is 2. The fraction of sp³-hybridized carbons (Fsp3) is 0.917. The average molecular weight is 482 g/mol. The van der Waals surface area contributed by atoms with E-state index in [-0.39, 0.29) is 36.5 Å². The molecule has 0 aromatic rings. The van der Waals surface area contributed by atoms with E-state index in [0.29, 0.717) is 5.92 Å². The lowest BCUT2D eigenvalue weighted by Crippen LogP contribution is -2.70. The molecule has 2 bridgehead atoms. The lowest BCUT2D eigenvalue weighted by molar-refractivity contribution is -0.576. The standard InChI is InChI=1S/C24H39N3O7/c1-15-5-6-18-16(2)21(31-22-24(18)17(15)9-10-23(3,32-22)33-34-24)30-20(29)8-7-19(28)25-27-13-11-26(4)12-14-27/h15-18,21-22H,5-14H2,1-4H3,(H,25,28)/t15-,16-,17-,18+,21-,22-,23-,24-/m1/s1. The van der Waals surface area contributed by atoms with Crippen LogP contribution in [0, 0.1) is 23.7 Å². The first kappa shape index (κ1) is 24.4. The number of nitrogens with one attached hydrogen (secondary N) is 1. The molecule has 10 nitrogen and oxygen atoms in total. The summed E-state index contributed by atoms with van der Waals surface area (Å²) in [6.07, 6.45) is 2.39. The van der Waals surface area contributed by atoms with Crippen molar-refractivity contribution in [2.24, 2.45) is 23.7 Å². The van der Waals surface area contributed by atoms with Crippen LogP contribution < -0.4 is 5.43 Å². The van der Waals surface area contributed by atoms with Crippen LogP contribution in [0.5, 0.6) is 0 Å². The number of rotatable bonds is 5. The van der Waals surface area contributed by atoms with Gasteiger partial charge >= 0.3 is 5.97 Å². The summed E-state index contributed by atoms with van der Waals surface area (Å²) >= 11 is 0. The van der Waals surface area contributed by atoms with Gasteiger partial charge in [0.15, 0.2) is 11.9 Å². The van der Waals surface area contributed by atoms with Crippen LogP contribution in [0.3, 0.4) is 0 Å². The SMILES string of the molecule is C[C@H]1[C@H](OC(=O)CCC(=O)NN2CCN(C)CC2)O[C@@H]2O[C@@]3(C)CC[C@@H]4[C@H](C)CC[C@@H]1[C@@]24OO3. The number of amides is 1. The zero-order valence-electron chi connectivity index (χ0n) is 20.8. The third-order valence-corrected chi connectivity index (χ3v) is 8.69. The number of hydrogen-bond acceptors (Lipinski definition) is 9. The van der Waals surface area contributed by atoms with Crippen molar-refractivity contribution in [3.8, 4) is 0 Å². The summed E-state index contributed by atoms with van der Waals surface area (Å²) in [6.45, 7) is 9.53. The van der Waals surface area contributed by atoms with E-state index in [2.05, 4.69) is 24.3 Å². The topological polar surface area (TPSA) is 98.8 Å². The third-order valence-electron chi connectivity index (χ3n) is 8.69. The second-order valence-electron chi connectivity index (χ2n) is 11.1. The molecule has 6 fully saturated rings. The second-order valence-corrected chi connectivity index (χ2v) is 11.1. The Kier molecular flexibility index (Phi) is 6.67. The van der Waals surface area contributed by atoms with E-state index in [1.807, 2.05) is 18.9 Å². The van der Waals surface area contributed by atoms with Gasteiger partial charge < -0.3 is 19.1 Å². The van der Waals surface area contributed by atoms with Gasteiger partial charge in [0.1, 0.15) is 0 Å². The van der Waals surface area contributed by atoms with Gasteiger partial charge in [-0.15, -0.1) is 0 Å². The summed E-state index contributed by atoms with van der Waals surface area (Å²) in [4.78, 5) is 39.1. The zero-order valence-corrected chi connectivity index (χ0v) is 20.8. The van der Waals surface area contributed by atoms with Crippen LogP contribution in [0.4, 0.5) is 0 Å². The van der Waals surface area contributed by atoms with E-state index >= 15 is 0 Å². The lowest BCUT2D eigenvalue weighted by atomic mass is 9.58. The number of carbonyl (C=O) groups excluding carboxylic acids is 2. The number of fused-ring (bicyclic) bond motifs is 2. The predicted molar refractivity (Wildman–Crippen MR) is 119 cm³/mol. The molecule has 6 aliphatic rings. The van der Waals surface area contributed by atoms with E-state index in [1.165, 1.54) is 0 Å². The number of esters is 1. The minimum Gasteiger partial charge on any atom is -0.435 e. The number of likely N-dealkylation sites (N-methyl/N-ethyl adjacent to an activating group) is 1. The van der Waals surface area contributed by atoms with E-state index in [4.69, 9.17) is 24.0 Å². The second kappa shape index (κ2) is 9.29. The normalized spacial score (nSPS) is 44.7. The van der Waals surface area contributed by atoms with Gasteiger partial charge in [-0.3, -0.25) is 15.0 Å². The highest BCUT2D eigenvalue weighted by Crippen LogP contribution is 2.60. The van der Waals surface area contributed by atoms with Gasteiger partial charge in [0.2, 0.25) is 18.0 Å². The van der Waals surface area contributed by atoms with Crippen LogP contribution in [0.1, 0.15) is 59.3 Å². The molecule has 5 saturated heterocycles. The number of piperazine rings is 1. The quantitative estimate of drug-likeness (QED) is 0.465. The highest BCUT2D eigenvalue weighted by molar-refractivity contribution is 5.80. The van der Waals surface area contributed by atoms with Crippen molar-refractivity contribution in [2.45, 2.75) is 83.3 Å². The monoisotopic (exact) mass is 481 g/mol. The van der Waals surface area contributed by atoms with E-state index in [0.717, 1.165) is 51.9 Å². The van der Waals surface area contributed by atoms with Gasteiger partial charge in [0.05, 0.1) is 6.42 Å². The molecular formula is C24H39N3O7. The number of hydrazine groups is 1. The minimum absolute atomic E-state index is 0.00444. The molecule has 10 heteroatoms. The molecule has 1 aliphatic carbocycles. The zero-order chi connectivity index (χ0) is 24.1. The van der Waals surface area contributed by atoms with Gasteiger partial charge in [0, 0.05) is 50.9 Å². The molecule has 0 aromatic carbocycles. The van der Waals surface area contributed by atoms with Gasteiger partial charge in [-0.2, -0.15) is 0 Å². The molecule has 6 rings (SSSR count). The Balaban J connectivity index is 1.19. The van der Waals surface area contributed by atoms with Crippen molar-refractivity contribution in [1.29, 1.82) is 0 Å². The summed E-state index contributed by atoms with van der Waals surface area (Å²) in [7, 11) is 2.06. The van der Waals surface area contributed by atoms with Crippen molar-refractivity contribution in [2.75, 3.05) is 33.2 Å². The molecule has 1 N–H and O–H groups in total. The Labute approximate surface area is 201 Å². The Hall–Kier alpha value is -1.30. The summed E-state index contributed by atoms with van der Waals surface area (Å²) in [5.41, 5.74) is 2.20. The number of carbonyl (C=O) groups is 2. The highest BCUT2D eigenvalue weighted by Gasteiger charge is 2.69. The minimum atomic E-state index is -0.867. The Morgan fingerprint density at radius 3 is 2.56 bits per heavy atom. The molecule has 1 spiro atoms. The van der Waals surface area contributed by atoms with E-state index in [9.17, 15) is 9.59 Å². The molecule has 0 radical (unpaired) electrons. The predicted octanol–water partition coefficient (Wildman–Crippen LogP) is 1.80. The molecule has 34 heavy (non-hydrogen) atoms. The Bertz CT molecular complexity index is 791. The first-order chi connectivity index (χ1) is 16.2. The molecule has 0 unspecified atom stereocenters. The lowest BCUT2D eigenvalue weighted by Gasteiger charge is -2.59. The molecular weight excluding hydrogens is 442 g/mol. The van der Waals surface area contributed by atoms with Crippen molar-refractivity contribution >= 4 is 11.9 Å². The maximum atomic E-state index is 12.7. The Morgan fingerprint density at radius 1 is 1.03 bits per heavy atom. The summed E-state index contributed by atoms with van der Waals surface area (Å²) < 4.78 is 18.3. The highest BCUT2D eigenvalue weighted by atomic mass is 17.3. The summed E-state index contributed by atoms with van der Waals surface area (Å²) in [6, 6.07) is 0. The van der Waals surface area contributed by atoms with Crippen LogP contribution in [0.15, 0.2) is 0 Å². The van der Waals surface area contributed by atoms with Crippen molar-refractivity contribution in [1.82, 2.24) is 15.3 Å². The third kappa shape index (κ3) is 4.37. The van der Waals surface area contributed by atoms with Gasteiger partial charge in [-0.25, -0.2) is 14.8 Å². The molecule has 1 saturated carbocycles. The van der Waals surface area contributed by atoms with Gasteiger partial charge in [-0.1, -0.05) is 13.8 Å². The van der Waals surface area contributed by atoms with Crippen LogP contribution in [-0.2, 0) is 33.6 Å². The van der Waals surface area contributed by atoms with Crippen LogP contribution in [0.2, 0.25) is 0 Å². The van der Waals surface area contributed by atoms with Crippen LogP contribution in [-0.4, -0.2) is 79.0 Å². The molecule has 8 atom stereocenters. The average Bonchev–Trinajstić information content (AvgIpc) is 3.03. The fourth-order valence-electron chi connectivity index (χ4n) is 6.56. The van der Waals surface area contributed by atoms with Crippen LogP contribution in [0.25, 0.3) is 0 Å². The molecule has 5 aliphatic heterocycles. The van der Waals surface area contributed by atoms with Gasteiger partial charge in [0.25, 0.3) is 0 Å². The van der Waals surface area contributed by atoms with Crippen molar-refractivity contribution in [3.63, 3.8) is 0 Å². The van der Waals surface area contributed by atoms with Crippen molar-refractivity contribution < 1.29 is 33.6 Å². The molecule has 0 aromatic heterocycles. The molecule has 192 valence electrons. The maximum Gasteiger partial charge on any atom is 0.308 e. The summed E-state index contributed by atoms with van der Waals surface area (Å²) in [5, 5.41) is 1.90. The Morgan fingerprint density at radius 2 is 1.79 bits per heavy atom. The van der Waals surface area contributed by atoms with E-state index < -0.39 is 29.9 Å². The fourth-order valence-corrected chi connectivity index (χ4v) is 6.56. The number of ether oxygens (including phenoxy) is 3. The van der Waals surface area contributed by atoms with E-state index in [1.54, 1.807) is 0 Å². The van der Waals surface area contributed by atoms with Crippen LogP contribution >= 0.6 is 0 Å². The maximum absolute atomic E-state index is 12.7. The first-order valence-corrected chi connectivity index (χ1v) is 12.8. The first-order valence-electron chi connectivity index (χ1n) is 12.8. The van der Waals surface area contributed by atoms with Crippen molar-refractivity contribution in [3.05, 3.63) is 0 Å². The largest absolute Gasteiger partial charge is 0.435 e. The smallest absolute Gasteiger partial charge is 0.308 e. The van der Waals surface area contributed by atoms with Gasteiger partial charge in [-0.05, 0) is 45.1 Å². The molecule has 5 heterocycles. The molecule has 1 amide bonds. The summed E-state index contributed by atoms with van der Waals surface area (Å²) in [5.74, 6) is -0.738.